The van der Waals surface area contributed by atoms with Crippen LogP contribution in [0.2, 0.25) is 0 Å². The standard InChI is InChI=1S/C34H41FN4O8/c1-46-34(45)24(16-40)37-33(44)22-15-39-25-13-19-20(30(42)18-7-3-2-6-17(18)29(19)41)14-26(25)47-32-27(36-8-11-38-9-4-5-10-38)23(35)12-21(28(32)39)31(22)43/h2-3,6-7,15,19-21,23-28,32,36,40H,4-5,8-14,16H2,1H3,(H,37,44). The van der Waals surface area contributed by atoms with Gasteiger partial charge >= 0.3 is 5.97 Å². The molecular formula is C34H41FN4O8. The van der Waals surface area contributed by atoms with Crippen LogP contribution in [0, 0.1) is 17.8 Å². The van der Waals surface area contributed by atoms with E-state index < -0.39 is 84.6 Å². The van der Waals surface area contributed by atoms with E-state index in [4.69, 9.17) is 4.74 Å². The summed E-state index contributed by atoms with van der Waals surface area (Å²) >= 11 is 0. The number of aliphatic hydroxyl groups excluding tert-OH is 1. The van der Waals surface area contributed by atoms with E-state index in [-0.39, 0.29) is 36.4 Å². The molecule has 47 heavy (non-hydrogen) atoms. The molecule has 2 saturated carbocycles. The fourth-order valence-electron chi connectivity index (χ4n) is 8.86. The first-order valence-electron chi connectivity index (χ1n) is 16.7. The lowest BCUT2D eigenvalue weighted by Gasteiger charge is -2.60. The van der Waals surface area contributed by atoms with Crippen molar-refractivity contribution in [3.05, 3.63) is 47.2 Å². The first-order valence-corrected chi connectivity index (χ1v) is 16.7. The van der Waals surface area contributed by atoms with Crippen LogP contribution in [-0.4, -0.2) is 127 Å². The number of hydrogen-bond donors (Lipinski definition) is 3. The fraction of sp³-hybridized carbons (Fsp3) is 0.618. The number of esters is 1. The highest BCUT2D eigenvalue weighted by atomic mass is 19.1. The second-order valence-electron chi connectivity index (χ2n) is 13.6. The van der Waals surface area contributed by atoms with Crippen LogP contribution >= 0.6 is 0 Å². The van der Waals surface area contributed by atoms with Gasteiger partial charge in [0.15, 0.2) is 23.4 Å². The van der Waals surface area contributed by atoms with E-state index >= 15 is 4.39 Å². The molecule has 1 aromatic rings. The molecule has 3 aliphatic carbocycles. The molecule has 7 rings (SSSR count). The lowest BCUT2D eigenvalue weighted by atomic mass is 9.63. The van der Waals surface area contributed by atoms with E-state index in [1.165, 1.54) is 6.20 Å². The predicted molar refractivity (Wildman–Crippen MR) is 164 cm³/mol. The number of benzene rings is 1. The largest absolute Gasteiger partial charge is 0.467 e. The summed E-state index contributed by atoms with van der Waals surface area (Å²) < 4.78 is 27.5. The molecule has 0 bridgehead atoms. The van der Waals surface area contributed by atoms with Crippen LogP contribution in [0.5, 0.6) is 0 Å². The third kappa shape index (κ3) is 5.50. The van der Waals surface area contributed by atoms with Gasteiger partial charge in [-0.1, -0.05) is 24.3 Å². The number of ether oxygens (including phenoxy) is 2. The summed E-state index contributed by atoms with van der Waals surface area (Å²) in [4.78, 5) is 71.2. The number of likely N-dealkylation sites (tertiary alicyclic amines) is 1. The highest BCUT2D eigenvalue weighted by Crippen LogP contribution is 2.49. The van der Waals surface area contributed by atoms with Crippen molar-refractivity contribution in [1.29, 1.82) is 0 Å². The Morgan fingerprint density at radius 3 is 2.36 bits per heavy atom. The number of nitrogens with one attached hydrogen (secondary N) is 2. The van der Waals surface area contributed by atoms with Crippen LogP contribution < -0.4 is 10.6 Å². The summed E-state index contributed by atoms with van der Waals surface area (Å²) in [5.41, 5.74) is 0.534. The molecule has 0 radical (unpaired) electrons. The molecule has 13 heteroatoms. The second kappa shape index (κ2) is 12.8. The number of hydrogen-bond acceptors (Lipinski definition) is 11. The van der Waals surface area contributed by atoms with Crippen molar-refractivity contribution in [3.63, 3.8) is 0 Å². The van der Waals surface area contributed by atoms with Gasteiger partial charge < -0.3 is 35.0 Å². The maximum Gasteiger partial charge on any atom is 0.330 e. The zero-order valence-corrected chi connectivity index (χ0v) is 26.3. The summed E-state index contributed by atoms with van der Waals surface area (Å²) in [6, 6.07) is 3.63. The Morgan fingerprint density at radius 1 is 1.02 bits per heavy atom. The Balaban J connectivity index is 1.22. The van der Waals surface area contributed by atoms with Gasteiger partial charge in [-0.15, -0.1) is 0 Å². The minimum absolute atomic E-state index is 0.109. The lowest BCUT2D eigenvalue weighted by Crippen LogP contribution is -2.74. The van der Waals surface area contributed by atoms with E-state index in [2.05, 4.69) is 20.3 Å². The molecule has 252 valence electrons. The number of ketones is 3. The Morgan fingerprint density at radius 2 is 1.70 bits per heavy atom. The summed E-state index contributed by atoms with van der Waals surface area (Å²) in [7, 11) is 1.12. The van der Waals surface area contributed by atoms with Gasteiger partial charge in [0.25, 0.3) is 5.91 Å². The van der Waals surface area contributed by atoms with Gasteiger partial charge in [0, 0.05) is 48.2 Å². The number of fused-ring (bicyclic) bond motifs is 4. The Bertz CT molecular complexity index is 1500. The number of carbonyl (C=O) groups excluding carboxylic acids is 5. The molecule has 10 unspecified atom stereocenters. The zero-order valence-electron chi connectivity index (χ0n) is 26.3. The average molecular weight is 653 g/mol. The number of rotatable bonds is 8. The van der Waals surface area contributed by atoms with Crippen molar-refractivity contribution < 1.29 is 42.9 Å². The number of methoxy groups -OCH3 is 1. The monoisotopic (exact) mass is 652 g/mol. The molecule has 1 amide bonds. The third-order valence-electron chi connectivity index (χ3n) is 11.2. The molecular weight excluding hydrogens is 611 g/mol. The van der Waals surface area contributed by atoms with Crippen molar-refractivity contribution >= 4 is 29.2 Å². The summed E-state index contributed by atoms with van der Waals surface area (Å²) in [6.07, 6.45) is 1.33. The van der Waals surface area contributed by atoms with Crippen molar-refractivity contribution in [2.45, 2.75) is 74.7 Å². The normalized spacial score (nSPS) is 35.2. The van der Waals surface area contributed by atoms with E-state index in [9.17, 15) is 29.1 Å². The molecule has 2 saturated heterocycles. The molecule has 0 aromatic heterocycles. The Hall–Kier alpha value is -3.52. The molecule has 1 aromatic carbocycles. The highest BCUT2D eigenvalue weighted by molar-refractivity contribution is 6.21. The number of Topliss-reactive ketones (excluding diaryl/α,β-unsaturated/α-hetero) is 3. The molecule has 3 N–H and O–H groups in total. The van der Waals surface area contributed by atoms with Gasteiger partial charge in [-0.3, -0.25) is 19.2 Å². The molecule has 3 aliphatic heterocycles. The van der Waals surface area contributed by atoms with Crippen LogP contribution in [0.1, 0.15) is 52.8 Å². The fourth-order valence-corrected chi connectivity index (χ4v) is 8.86. The maximum absolute atomic E-state index is 16.2. The molecule has 12 nitrogen and oxygen atoms in total. The predicted octanol–water partition coefficient (Wildman–Crippen LogP) is 0.427. The number of aliphatic hydroxyl groups is 1. The second-order valence-corrected chi connectivity index (χ2v) is 13.6. The Labute approximate surface area is 272 Å². The minimum atomic E-state index is -1.45. The third-order valence-corrected chi connectivity index (χ3v) is 11.2. The van der Waals surface area contributed by atoms with Gasteiger partial charge in [-0.25, -0.2) is 9.18 Å². The van der Waals surface area contributed by atoms with Gasteiger partial charge in [0.05, 0.1) is 49.6 Å². The van der Waals surface area contributed by atoms with Gasteiger partial charge in [-0.2, -0.15) is 0 Å². The van der Waals surface area contributed by atoms with Crippen molar-refractivity contribution in [3.8, 4) is 0 Å². The van der Waals surface area contributed by atoms with Gasteiger partial charge in [0.1, 0.15) is 6.17 Å². The lowest BCUT2D eigenvalue weighted by molar-refractivity contribution is -0.203. The molecule has 3 heterocycles. The van der Waals surface area contributed by atoms with Crippen LogP contribution in [0.15, 0.2) is 36.0 Å². The van der Waals surface area contributed by atoms with Gasteiger partial charge in [0.2, 0.25) is 0 Å². The molecule has 4 fully saturated rings. The van der Waals surface area contributed by atoms with Gasteiger partial charge in [-0.05, 0) is 45.2 Å². The average Bonchev–Trinajstić information content (AvgIpc) is 3.61. The number of carbonyl (C=O) groups is 5. The summed E-state index contributed by atoms with van der Waals surface area (Å²) in [5.74, 6) is -4.68. The minimum Gasteiger partial charge on any atom is -0.467 e. The smallest absolute Gasteiger partial charge is 0.330 e. The molecule has 0 spiro atoms. The van der Waals surface area contributed by atoms with E-state index in [0.717, 1.165) is 39.6 Å². The Kier molecular flexibility index (Phi) is 8.75. The van der Waals surface area contributed by atoms with Crippen molar-refractivity contribution in [2.75, 3.05) is 39.9 Å². The van der Waals surface area contributed by atoms with E-state index in [1.54, 1.807) is 24.3 Å². The summed E-state index contributed by atoms with van der Waals surface area (Å²) in [5, 5.41) is 15.5. The van der Waals surface area contributed by atoms with Crippen LogP contribution in [-0.2, 0) is 23.9 Å². The first kappa shape index (κ1) is 32.0. The van der Waals surface area contributed by atoms with E-state index in [0.29, 0.717) is 17.7 Å². The number of nitrogens with zero attached hydrogens (tertiary/aromatic N) is 2. The van der Waals surface area contributed by atoms with Crippen molar-refractivity contribution in [2.24, 2.45) is 17.8 Å². The number of morpholine rings is 1. The number of alkyl halides is 1. The molecule has 6 aliphatic rings. The van der Waals surface area contributed by atoms with Crippen LogP contribution in [0.3, 0.4) is 0 Å². The SMILES string of the molecule is COC(=O)C(CO)NC(=O)C1=CN2C3CC4C(=O)c5ccccc5C(=O)C4CC3OC3C(NCCN4CCCC4)C(F)CC(C1=O)C32. The summed E-state index contributed by atoms with van der Waals surface area (Å²) in [6.45, 7) is 2.56. The first-order chi connectivity index (χ1) is 22.7. The highest BCUT2D eigenvalue weighted by Gasteiger charge is 2.61. The van der Waals surface area contributed by atoms with Crippen LogP contribution in [0.25, 0.3) is 0 Å². The number of amides is 1. The topological polar surface area (TPSA) is 155 Å². The van der Waals surface area contributed by atoms with Crippen molar-refractivity contribution in [1.82, 2.24) is 20.4 Å². The quantitative estimate of drug-likeness (QED) is 0.265. The van der Waals surface area contributed by atoms with Crippen LogP contribution in [0.4, 0.5) is 4.39 Å². The maximum atomic E-state index is 16.2. The number of halogens is 1. The molecule has 10 atom stereocenters. The van der Waals surface area contributed by atoms with E-state index in [1.807, 2.05) is 4.90 Å². The zero-order chi connectivity index (χ0) is 33.0.